The molecule has 2 aromatic heterocycles. The molecular weight excluding hydrogens is 392 g/mol. The summed E-state index contributed by atoms with van der Waals surface area (Å²) in [6, 6.07) is 14.4. The number of aromatic nitrogens is 4. The molecule has 3 heterocycles. The zero-order valence-electron chi connectivity index (χ0n) is 17.2. The summed E-state index contributed by atoms with van der Waals surface area (Å²) in [5, 5.41) is 14.4. The highest BCUT2D eigenvalue weighted by Crippen LogP contribution is 2.30. The van der Waals surface area contributed by atoms with E-state index in [1.807, 2.05) is 48.9 Å². The maximum atomic E-state index is 13.0. The highest BCUT2D eigenvalue weighted by molar-refractivity contribution is 5.93. The second-order valence-corrected chi connectivity index (χ2v) is 7.68. The molecule has 2 aromatic carbocycles. The number of nitrogens with zero attached hydrogens (tertiary/aromatic N) is 4. The number of benzene rings is 2. The number of aryl methyl sites for hydroxylation is 1. The maximum Gasteiger partial charge on any atom is 0.335 e. The Labute approximate surface area is 177 Å². The van der Waals surface area contributed by atoms with Crippen molar-refractivity contribution < 1.29 is 9.90 Å². The molecule has 0 bridgehead atoms. The molecule has 1 aliphatic rings. The van der Waals surface area contributed by atoms with Crippen LogP contribution in [0.1, 0.15) is 39.6 Å². The lowest BCUT2D eigenvalue weighted by Gasteiger charge is -2.07. The van der Waals surface area contributed by atoms with Crippen LogP contribution in [0.4, 0.5) is 0 Å². The van der Waals surface area contributed by atoms with Gasteiger partial charge >= 0.3 is 5.97 Å². The lowest BCUT2D eigenvalue weighted by molar-refractivity contribution is 0.0697. The topological polar surface area (TPSA) is 90.0 Å². The number of carbonyl (C=O) groups is 1. The molecule has 0 atom stereocenters. The van der Waals surface area contributed by atoms with E-state index < -0.39 is 5.97 Å². The summed E-state index contributed by atoms with van der Waals surface area (Å²) in [4.78, 5) is 29.0. The molecule has 5 rings (SSSR count). The first-order valence-electron chi connectivity index (χ1n) is 10.0. The Morgan fingerprint density at radius 1 is 1.13 bits per heavy atom. The number of hydrogen-bond acceptors (Lipinski definition) is 4. The third-order valence-electron chi connectivity index (χ3n) is 5.76. The van der Waals surface area contributed by atoms with Gasteiger partial charge in [0.15, 0.2) is 0 Å². The smallest absolute Gasteiger partial charge is 0.335 e. The Kier molecular flexibility index (Phi) is 4.32. The Balaban J connectivity index is 1.65. The number of fused-ring (bicyclic) bond motifs is 2. The summed E-state index contributed by atoms with van der Waals surface area (Å²) in [6.45, 7) is 4.54. The number of carboxylic acids is 1. The summed E-state index contributed by atoms with van der Waals surface area (Å²) in [7, 11) is 0. The van der Waals surface area contributed by atoms with Crippen LogP contribution in [0.2, 0.25) is 0 Å². The van der Waals surface area contributed by atoms with Gasteiger partial charge in [-0.15, -0.1) is 0 Å². The molecule has 0 saturated heterocycles. The second kappa shape index (κ2) is 7.05. The van der Waals surface area contributed by atoms with E-state index in [4.69, 9.17) is 5.10 Å². The third-order valence-corrected chi connectivity index (χ3v) is 5.76. The molecule has 0 amide bonds. The van der Waals surface area contributed by atoms with Crippen LogP contribution in [0, 0.1) is 13.8 Å². The van der Waals surface area contributed by atoms with Crippen LogP contribution in [0.5, 0.6) is 0 Å². The van der Waals surface area contributed by atoms with E-state index in [0.29, 0.717) is 29.7 Å². The molecule has 31 heavy (non-hydrogen) atoms. The predicted octanol–water partition coefficient (Wildman–Crippen LogP) is 3.84. The summed E-state index contributed by atoms with van der Waals surface area (Å²) in [5.74, 6) is -0.453. The lowest BCUT2D eigenvalue weighted by atomic mass is 10.1. The normalized spacial score (nSPS) is 14.3. The van der Waals surface area contributed by atoms with E-state index in [9.17, 15) is 14.7 Å². The van der Waals surface area contributed by atoms with Crippen molar-refractivity contribution in [1.29, 1.82) is 0 Å². The Morgan fingerprint density at radius 3 is 2.65 bits per heavy atom. The minimum absolute atomic E-state index is 0.115. The molecule has 0 unspecified atom stereocenters. The van der Waals surface area contributed by atoms with Crippen molar-refractivity contribution in [2.24, 2.45) is 0 Å². The van der Waals surface area contributed by atoms with Gasteiger partial charge in [-0.3, -0.25) is 9.36 Å². The number of aromatic carboxylic acids is 1. The molecule has 1 N–H and O–H groups in total. The van der Waals surface area contributed by atoms with Gasteiger partial charge in [-0.25, -0.2) is 14.5 Å². The molecule has 0 radical (unpaired) electrons. The maximum absolute atomic E-state index is 13.0. The number of allylic oxidation sites excluding steroid dienone is 1. The van der Waals surface area contributed by atoms with Gasteiger partial charge in [0, 0.05) is 17.8 Å². The van der Waals surface area contributed by atoms with Crippen LogP contribution in [-0.2, 0) is 6.54 Å². The molecule has 7 nitrogen and oxygen atoms in total. The second-order valence-electron chi connectivity index (χ2n) is 7.68. The highest BCUT2D eigenvalue weighted by atomic mass is 16.4. The van der Waals surface area contributed by atoms with E-state index in [-0.39, 0.29) is 11.1 Å². The molecule has 4 aromatic rings. The summed E-state index contributed by atoms with van der Waals surface area (Å²) in [6.07, 6.45) is 2.73. The summed E-state index contributed by atoms with van der Waals surface area (Å²) in [5.41, 5.74) is 5.20. The van der Waals surface area contributed by atoms with E-state index in [0.717, 1.165) is 28.2 Å². The van der Waals surface area contributed by atoms with Crippen molar-refractivity contribution >= 4 is 28.5 Å². The van der Waals surface area contributed by atoms with Crippen molar-refractivity contribution in [2.75, 3.05) is 0 Å². The third kappa shape index (κ3) is 3.06. The zero-order chi connectivity index (χ0) is 21.7. The Bertz CT molecular complexity index is 1450. The largest absolute Gasteiger partial charge is 0.478 e. The quantitative estimate of drug-likeness (QED) is 0.552. The summed E-state index contributed by atoms with van der Waals surface area (Å²) >= 11 is 0. The van der Waals surface area contributed by atoms with Gasteiger partial charge in [-0.05, 0) is 62.2 Å². The standard InChI is InChI=1S/C24H20N4O3/c1-14-20(15(2)28(26-14)18-6-4-3-5-7-18)12-16-10-11-27-22(16)25-21-13-17(24(30)31)8-9-19(21)23(27)29/h3-9,12-13H,10-11H2,1-2H3,(H,30,31)/b16-12+. The molecular formula is C24H20N4O3. The van der Waals surface area contributed by atoms with Gasteiger partial charge in [0.05, 0.1) is 27.8 Å². The molecule has 0 saturated carbocycles. The molecule has 0 spiro atoms. The minimum atomic E-state index is -1.04. The first-order chi connectivity index (χ1) is 14.9. The number of hydrogen-bond donors (Lipinski definition) is 1. The Hall–Kier alpha value is -4.00. The monoisotopic (exact) mass is 412 g/mol. The van der Waals surface area contributed by atoms with Crippen LogP contribution in [0.25, 0.3) is 28.2 Å². The SMILES string of the molecule is Cc1nn(-c2ccccc2)c(C)c1/C=C1\CCn2c1nc1cc(C(=O)O)ccc1c2=O. The summed E-state index contributed by atoms with van der Waals surface area (Å²) < 4.78 is 3.58. The van der Waals surface area contributed by atoms with Crippen molar-refractivity contribution in [3.63, 3.8) is 0 Å². The van der Waals surface area contributed by atoms with Crippen molar-refractivity contribution in [1.82, 2.24) is 19.3 Å². The molecule has 0 fully saturated rings. The van der Waals surface area contributed by atoms with E-state index in [1.54, 1.807) is 10.6 Å². The van der Waals surface area contributed by atoms with Gasteiger partial charge < -0.3 is 5.11 Å². The fourth-order valence-corrected chi connectivity index (χ4v) is 4.15. The van der Waals surface area contributed by atoms with Gasteiger partial charge in [-0.2, -0.15) is 5.10 Å². The van der Waals surface area contributed by atoms with Crippen LogP contribution in [-0.4, -0.2) is 30.4 Å². The predicted molar refractivity (Wildman–Crippen MR) is 118 cm³/mol. The molecule has 7 heteroatoms. The average Bonchev–Trinajstić information content (AvgIpc) is 3.30. The minimum Gasteiger partial charge on any atom is -0.478 e. The van der Waals surface area contributed by atoms with E-state index >= 15 is 0 Å². The fourth-order valence-electron chi connectivity index (χ4n) is 4.15. The fraction of sp³-hybridized carbons (Fsp3) is 0.167. The number of carboxylic acid groups (broad SMARTS) is 1. The van der Waals surface area contributed by atoms with Crippen molar-refractivity contribution in [2.45, 2.75) is 26.8 Å². The van der Waals surface area contributed by atoms with Crippen LogP contribution >= 0.6 is 0 Å². The van der Waals surface area contributed by atoms with Gasteiger partial charge in [0.2, 0.25) is 0 Å². The first kappa shape index (κ1) is 19.0. The molecule has 154 valence electrons. The van der Waals surface area contributed by atoms with Gasteiger partial charge in [-0.1, -0.05) is 18.2 Å². The van der Waals surface area contributed by atoms with Crippen molar-refractivity contribution in [3.05, 3.63) is 87.2 Å². The van der Waals surface area contributed by atoms with E-state index in [1.165, 1.54) is 12.1 Å². The van der Waals surface area contributed by atoms with Crippen LogP contribution in [0.3, 0.4) is 0 Å². The van der Waals surface area contributed by atoms with E-state index in [2.05, 4.69) is 11.1 Å². The van der Waals surface area contributed by atoms with Crippen molar-refractivity contribution in [3.8, 4) is 5.69 Å². The Morgan fingerprint density at radius 2 is 1.90 bits per heavy atom. The average molecular weight is 412 g/mol. The highest BCUT2D eigenvalue weighted by Gasteiger charge is 2.23. The number of rotatable bonds is 3. The number of para-hydroxylation sites is 1. The molecule has 0 aliphatic carbocycles. The van der Waals surface area contributed by atoms with Crippen LogP contribution in [0.15, 0.2) is 53.3 Å². The van der Waals surface area contributed by atoms with Gasteiger partial charge in [0.1, 0.15) is 5.82 Å². The lowest BCUT2D eigenvalue weighted by Crippen LogP contribution is -2.21. The molecule has 1 aliphatic heterocycles. The van der Waals surface area contributed by atoms with Gasteiger partial charge in [0.25, 0.3) is 5.56 Å². The first-order valence-corrected chi connectivity index (χ1v) is 10.0. The van der Waals surface area contributed by atoms with Crippen LogP contribution < -0.4 is 5.56 Å². The zero-order valence-corrected chi connectivity index (χ0v) is 17.2.